The van der Waals surface area contributed by atoms with Crippen LogP contribution in [0.1, 0.15) is 59.3 Å². The first kappa shape index (κ1) is 16.2. The summed E-state index contributed by atoms with van der Waals surface area (Å²) in [7, 11) is 0. The molecule has 0 heterocycles. The molecular weight excluding hydrogens is 216 g/mol. The van der Waals surface area contributed by atoms with Crippen LogP contribution in [0.25, 0.3) is 0 Å². The number of esters is 1. The maximum absolute atomic E-state index is 11.2. The number of carbonyl (C=O) groups excluding carboxylic acids is 1. The topological polar surface area (TPSA) is 35.5 Å². The molecule has 0 amide bonds. The first-order valence-corrected chi connectivity index (χ1v) is 6.56. The van der Waals surface area contributed by atoms with Crippen molar-refractivity contribution in [3.63, 3.8) is 0 Å². The Hall–Kier alpha value is -0.830. The van der Waals surface area contributed by atoms with Gasteiger partial charge in [0.1, 0.15) is 0 Å². The second kappa shape index (κ2) is 10.3. The summed E-state index contributed by atoms with van der Waals surface area (Å²) >= 11 is 0. The zero-order chi connectivity index (χ0) is 13.1. The summed E-state index contributed by atoms with van der Waals surface area (Å²) in [5, 5.41) is 0. The van der Waals surface area contributed by atoms with Gasteiger partial charge < -0.3 is 9.47 Å². The van der Waals surface area contributed by atoms with Crippen LogP contribution in [0.2, 0.25) is 0 Å². The van der Waals surface area contributed by atoms with Crippen LogP contribution in [0.3, 0.4) is 0 Å². The third-order valence-electron chi connectivity index (χ3n) is 2.47. The molecule has 0 aromatic heterocycles. The van der Waals surface area contributed by atoms with Gasteiger partial charge in [0.05, 0.1) is 6.61 Å². The summed E-state index contributed by atoms with van der Waals surface area (Å²) in [6.45, 7) is 9.74. The van der Waals surface area contributed by atoms with Crippen molar-refractivity contribution in [1.29, 1.82) is 0 Å². The highest BCUT2D eigenvalue weighted by molar-refractivity contribution is 5.86. The van der Waals surface area contributed by atoms with Crippen molar-refractivity contribution in [2.24, 2.45) is 0 Å². The molecule has 0 aliphatic heterocycles. The molecule has 0 spiro atoms. The van der Waals surface area contributed by atoms with Crippen LogP contribution in [0, 0.1) is 0 Å². The van der Waals surface area contributed by atoms with E-state index < -0.39 is 6.29 Å². The monoisotopic (exact) mass is 242 g/mol. The van der Waals surface area contributed by atoms with E-state index in [-0.39, 0.29) is 5.97 Å². The zero-order valence-electron chi connectivity index (χ0n) is 11.5. The summed E-state index contributed by atoms with van der Waals surface area (Å²) in [5.41, 5.74) is 0.403. The normalized spacial score (nSPS) is 12.2. The first-order valence-electron chi connectivity index (χ1n) is 6.56. The molecule has 0 aromatic rings. The molecule has 0 aromatic carbocycles. The van der Waals surface area contributed by atoms with Crippen LogP contribution in [0.4, 0.5) is 0 Å². The SMILES string of the molecule is C=C(C)C(=O)OC(C)OCCCCCCCC. The summed E-state index contributed by atoms with van der Waals surface area (Å²) in [6.07, 6.45) is 6.88. The lowest BCUT2D eigenvalue weighted by molar-refractivity contribution is -0.170. The van der Waals surface area contributed by atoms with Gasteiger partial charge in [0.2, 0.25) is 0 Å². The molecular formula is C14H26O3. The van der Waals surface area contributed by atoms with Gasteiger partial charge in [-0.1, -0.05) is 45.6 Å². The molecule has 0 bridgehead atoms. The van der Waals surface area contributed by atoms with E-state index in [1.807, 2.05) is 0 Å². The second-order valence-electron chi connectivity index (χ2n) is 4.39. The van der Waals surface area contributed by atoms with Gasteiger partial charge in [0, 0.05) is 5.57 Å². The van der Waals surface area contributed by atoms with E-state index in [2.05, 4.69) is 13.5 Å². The van der Waals surface area contributed by atoms with Gasteiger partial charge in [-0.15, -0.1) is 0 Å². The number of hydrogen-bond donors (Lipinski definition) is 0. The molecule has 1 atom stereocenters. The van der Waals surface area contributed by atoms with Crippen molar-refractivity contribution in [2.45, 2.75) is 65.6 Å². The second-order valence-corrected chi connectivity index (χ2v) is 4.39. The molecule has 0 radical (unpaired) electrons. The molecule has 3 nitrogen and oxygen atoms in total. The lowest BCUT2D eigenvalue weighted by Crippen LogP contribution is -2.18. The molecule has 0 N–H and O–H groups in total. The standard InChI is InChI=1S/C14H26O3/c1-5-6-7-8-9-10-11-16-13(4)17-14(15)12(2)3/h13H,2,5-11H2,1,3-4H3. The maximum atomic E-state index is 11.2. The third-order valence-corrected chi connectivity index (χ3v) is 2.47. The highest BCUT2D eigenvalue weighted by atomic mass is 16.7. The van der Waals surface area contributed by atoms with Crippen LogP contribution in [-0.4, -0.2) is 18.9 Å². The predicted molar refractivity (Wildman–Crippen MR) is 69.7 cm³/mol. The van der Waals surface area contributed by atoms with Crippen molar-refractivity contribution in [3.05, 3.63) is 12.2 Å². The van der Waals surface area contributed by atoms with Gasteiger partial charge >= 0.3 is 5.97 Å². The molecule has 17 heavy (non-hydrogen) atoms. The molecule has 0 saturated carbocycles. The summed E-state index contributed by atoms with van der Waals surface area (Å²) < 4.78 is 10.4. The number of carbonyl (C=O) groups is 1. The number of hydrogen-bond acceptors (Lipinski definition) is 3. The predicted octanol–water partition coefficient (Wildman–Crippen LogP) is 3.83. The van der Waals surface area contributed by atoms with Gasteiger partial charge in [0.15, 0.2) is 6.29 Å². The lowest BCUT2D eigenvalue weighted by Gasteiger charge is -2.13. The Labute approximate surface area is 105 Å². The van der Waals surface area contributed by atoms with Crippen LogP contribution < -0.4 is 0 Å². The van der Waals surface area contributed by atoms with E-state index in [1.54, 1.807) is 13.8 Å². The quantitative estimate of drug-likeness (QED) is 0.253. The minimum absolute atomic E-state index is 0.388. The van der Waals surface area contributed by atoms with E-state index in [0.29, 0.717) is 12.2 Å². The molecule has 0 aliphatic rings. The van der Waals surface area contributed by atoms with Gasteiger partial charge in [-0.3, -0.25) is 0 Å². The number of unbranched alkanes of at least 4 members (excludes halogenated alkanes) is 5. The maximum Gasteiger partial charge on any atom is 0.335 e. The summed E-state index contributed by atoms with van der Waals surface area (Å²) in [6, 6.07) is 0. The Morgan fingerprint density at radius 3 is 2.35 bits per heavy atom. The Morgan fingerprint density at radius 1 is 1.18 bits per heavy atom. The third kappa shape index (κ3) is 10.1. The van der Waals surface area contributed by atoms with Crippen molar-refractivity contribution in [2.75, 3.05) is 6.61 Å². The fourth-order valence-electron chi connectivity index (χ4n) is 1.42. The van der Waals surface area contributed by atoms with Gasteiger partial charge in [-0.05, 0) is 20.3 Å². The van der Waals surface area contributed by atoms with Crippen LogP contribution in [0.15, 0.2) is 12.2 Å². The molecule has 1 unspecified atom stereocenters. The van der Waals surface area contributed by atoms with Crippen LogP contribution >= 0.6 is 0 Å². The van der Waals surface area contributed by atoms with Crippen LogP contribution in [-0.2, 0) is 14.3 Å². The molecule has 0 fully saturated rings. The lowest BCUT2D eigenvalue weighted by atomic mass is 10.1. The fourth-order valence-corrected chi connectivity index (χ4v) is 1.42. The van der Waals surface area contributed by atoms with Gasteiger partial charge in [-0.25, -0.2) is 4.79 Å². The minimum Gasteiger partial charge on any atom is -0.433 e. The first-order chi connectivity index (χ1) is 8.07. The van der Waals surface area contributed by atoms with Crippen molar-refractivity contribution in [3.8, 4) is 0 Å². The van der Waals surface area contributed by atoms with Crippen molar-refractivity contribution in [1.82, 2.24) is 0 Å². The molecule has 0 rings (SSSR count). The summed E-state index contributed by atoms with van der Waals surface area (Å²) in [5.74, 6) is -0.388. The highest BCUT2D eigenvalue weighted by Crippen LogP contribution is 2.06. The Balaban J connectivity index is 3.36. The van der Waals surface area contributed by atoms with Crippen molar-refractivity contribution >= 4 is 5.97 Å². The molecule has 0 aliphatic carbocycles. The van der Waals surface area contributed by atoms with E-state index in [9.17, 15) is 4.79 Å². The average Bonchev–Trinajstić information content (AvgIpc) is 2.27. The summed E-state index contributed by atoms with van der Waals surface area (Å²) in [4.78, 5) is 11.2. The Kier molecular flexibility index (Phi) is 9.83. The smallest absolute Gasteiger partial charge is 0.335 e. The van der Waals surface area contributed by atoms with E-state index in [1.165, 1.54) is 32.1 Å². The van der Waals surface area contributed by atoms with Gasteiger partial charge in [-0.2, -0.15) is 0 Å². The van der Waals surface area contributed by atoms with Crippen LogP contribution in [0.5, 0.6) is 0 Å². The Bertz CT molecular complexity index is 224. The van der Waals surface area contributed by atoms with E-state index >= 15 is 0 Å². The number of rotatable bonds is 10. The van der Waals surface area contributed by atoms with E-state index in [0.717, 1.165) is 6.42 Å². The van der Waals surface area contributed by atoms with Crippen molar-refractivity contribution < 1.29 is 14.3 Å². The zero-order valence-corrected chi connectivity index (χ0v) is 11.5. The minimum atomic E-state index is -0.477. The average molecular weight is 242 g/mol. The molecule has 0 saturated heterocycles. The largest absolute Gasteiger partial charge is 0.433 e. The Morgan fingerprint density at radius 2 is 1.76 bits per heavy atom. The van der Waals surface area contributed by atoms with Gasteiger partial charge in [0.25, 0.3) is 0 Å². The highest BCUT2D eigenvalue weighted by Gasteiger charge is 2.09. The number of ether oxygens (including phenoxy) is 2. The van der Waals surface area contributed by atoms with E-state index in [4.69, 9.17) is 9.47 Å². The molecule has 100 valence electrons. The fraction of sp³-hybridized carbons (Fsp3) is 0.786. The molecule has 3 heteroatoms.